The van der Waals surface area contributed by atoms with Gasteiger partial charge in [0.1, 0.15) is 5.58 Å². The number of hydrogen-bond donors (Lipinski definition) is 1. The van der Waals surface area contributed by atoms with Crippen LogP contribution in [0.3, 0.4) is 0 Å². The molecular formula is C15H10N4O4. The molecule has 1 aromatic carbocycles. The number of pyridine rings is 1. The van der Waals surface area contributed by atoms with Gasteiger partial charge in [-0.05, 0) is 24.3 Å². The van der Waals surface area contributed by atoms with Gasteiger partial charge in [-0.15, -0.1) is 5.10 Å². The molecule has 0 saturated heterocycles. The van der Waals surface area contributed by atoms with Crippen molar-refractivity contribution in [2.45, 2.75) is 0 Å². The zero-order valence-electron chi connectivity index (χ0n) is 11.7. The Kier molecular flexibility index (Phi) is 3.79. The van der Waals surface area contributed by atoms with Crippen LogP contribution >= 0.6 is 0 Å². The lowest BCUT2D eigenvalue weighted by Gasteiger charge is -1.99. The van der Waals surface area contributed by atoms with Crippen molar-refractivity contribution in [3.8, 4) is 0 Å². The molecule has 1 amide bonds. The number of hydrogen-bond acceptors (Lipinski definition) is 6. The highest BCUT2D eigenvalue weighted by Crippen LogP contribution is 2.18. The Balaban J connectivity index is 1.87. The van der Waals surface area contributed by atoms with Crippen molar-refractivity contribution in [3.05, 3.63) is 76.1 Å². The molecule has 2 aromatic heterocycles. The second-order valence-corrected chi connectivity index (χ2v) is 4.54. The number of amides is 1. The summed E-state index contributed by atoms with van der Waals surface area (Å²) in [6.45, 7) is 0. The van der Waals surface area contributed by atoms with E-state index < -0.39 is 10.8 Å². The van der Waals surface area contributed by atoms with E-state index in [0.717, 1.165) is 0 Å². The first-order valence-corrected chi connectivity index (χ1v) is 6.56. The zero-order valence-corrected chi connectivity index (χ0v) is 11.7. The molecule has 0 bridgehead atoms. The quantitative estimate of drug-likeness (QED) is 0.587. The van der Waals surface area contributed by atoms with Gasteiger partial charge in [-0.25, -0.2) is 5.43 Å². The summed E-state index contributed by atoms with van der Waals surface area (Å²) in [6.07, 6.45) is 3.00. The Labute approximate surface area is 129 Å². The van der Waals surface area contributed by atoms with E-state index in [0.29, 0.717) is 16.5 Å². The predicted molar refractivity (Wildman–Crippen MR) is 80.1 cm³/mol. The topological polar surface area (TPSA) is 111 Å². The molecule has 0 atom stereocenters. The van der Waals surface area contributed by atoms with E-state index in [2.05, 4.69) is 15.5 Å². The second kappa shape index (κ2) is 6.06. The van der Waals surface area contributed by atoms with Gasteiger partial charge in [-0.2, -0.15) is 0 Å². The number of benzene rings is 1. The summed E-state index contributed by atoms with van der Waals surface area (Å²) in [7, 11) is 0. The van der Waals surface area contributed by atoms with Crippen molar-refractivity contribution in [2.75, 3.05) is 0 Å². The van der Waals surface area contributed by atoms with Gasteiger partial charge in [0.15, 0.2) is 0 Å². The molecule has 0 saturated carbocycles. The third-order valence-corrected chi connectivity index (χ3v) is 3.03. The lowest BCUT2D eigenvalue weighted by molar-refractivity contribution is -0.384. The van der Waals surface area contributed by atoms with Crippen LogP contribution in [0.1, 0.15) is 10.4 Å². The van der Waals surface area contributed by atoms with Gasteiger partial charge in [-0.1, -0.05) is 0 Å². The van der Waals surface area contributed by atoms with Gasteiger partial charge in [-0.3, -0.25) is 19.9 Å². The number of nitro benzene ring substituents is 1. The molecule has 3 rings (SSSR count). The Morgan fingerprint density at radius 3 is 2.70 bits per heavy atom. The third-order valence-electron chi connectivity index (χ3n) is 3.03. The highest BCUT2D eigenvalue weighted by atomic mass is 16.6. The average molecular weight is 310 g/mol. The van der Waals surface area contributed by atoms with Gasteiger partial charge in [0, 0.05) is 41.5 Å². The first-order valence-electron chi connectivity index (χ1n) is 6.56. The molecule has 0 aliphatic heterocycles. The predicted octanol–water partition coefficient (Wildman–Crippen LogP) is 1.98. The second-order valence-electron chi connectivity index (χ2n) is 4.54. The number of fused-ring (bicyclic) bond motifs is 1. The molecule has 3 aromatic rings. The molecule has 0 fully saturated rings. The number of nitrogens with zero attached hydrogens (tertiary/aromatic N) is 3. The molecule has 114 valence electrons. The molecule has 8 heteroatoms. The van der Waals surface area contributed by atoms with Gasteiger partial charge in [0.25, 0.3) is 11.6 Å². The van der Waals surface area contributed by atoms with Crippen molar-refractivity contribution in [3.63, 3.8) is 0 Å². The normalized spacial score (nSPS) is 11.4. The van der Waals surface area contributed by atoms with Gasteiger partial charge < -0.3 is 4.42 Å². The Morgan fingerprint density at radius 2 is 1.96 bits per heavy atom. The average Bonchev–Trinajstić information content (AvgIpc) is 2.59. The molecule has 2 heterocycles. The Bertz CT molecular complexity index is 950. The van der Waals surface area contributed by atoms with Crippen LogP contribution in [0, 0.1) is 10.1 Å². The third kappa shape index (κ3) is 3.21. The number of non-ortho nitro benzene ring substituents is 1. The fourth-order valence-electron chi connectivity index (χ4n) is 1.91. The lowest BCUT2D eigenvalue weighted by Crippen LogP contribution is -2.20. The summed E-state index contributed by atoms with van der Waals surface area (Å²) in [5, 5.41) is 15.2. The van der Waals surface area contributed by atoms with E-state index >= 15 is 0 Å². The smallest absolute Gasteiger partial charge is 0.271 e. The number of carbonyl (C=O) groups is 1. The fourth-order valence-corrected chi connectivity index (χ4v) is 1.91. The van der Waals surface area contributed by atoms with Crippen LogP contribution in [0.25, 0.3) is 11.0 Å². The van der Waals surface area contributed by atoms with Crippen molar-refractivity contribution in [1.82, 2.24) is 10.4 Å². The SMILES string of the molecule is O=C(N/N=c1/ccc2cc([N+](=O)[O-])ccc2o1)c1ccncc1. The van der Waals surface area contributed by atoms with E-state index in [-0.39, 0.29) is 11.2 Å². The summed E-state index contributed by atoms with van der Waals surface area (Å²) in [4.78, 5) is 25.9. The Hall–Kier alpha value is -3.55. The van der Waals surface area contributed by atoms with E-state index in [4.69, 9.17) is 4.42 Å². The minimum Gasteiger partial charge on any atom is -0.437 e. The summed E-state index contributed by atoms with van der Waals surface area (Å²) in [5.74, 6) is -0.397. The number of rotatable bonds is 3. The number of aromatic nitrogens is 1. The molecule has 0 aliphatic rings. The van der Waals surface area contributed by atoms with Crippen molar-refractivity contribution in [1.29, 1.82) is 0 Å². The molecule has 1 N–H and O–H groups in total. The summed E-state index contributed by atoms with van der Waals surface area (Å²) < 4.78 is 5.47. The molecule has 23 heavy (non-hydrogen) atoms. The van der Waals surface area contributed by atoms with Gasteiger partial charge in [0.05, 0.1) is 4.92 Å². The molecule has 0 spiro atoms. The highest BCUT2D eigenvalue weighted by Gasteiger charge is 2.07. The van der Waals surface area contributed by atoms with Crippen LogP contribution in [0.4, 0.5) is 5.69 Å². The van der Waals surface area contributed by atoms with Crippen molar-refractivity contribution >= 4 is 22.6 Å². The zero-order chi connectivity index (χ0) is 16.2. The standard InChI is InChI=1S/C15H10N4O4/c20-15(10-5-7-16-8-6-10)18-17-14-4-1-11-9-12(19(21)22)2-3-13(11)23-14/h1-9H,(H,18,20)/b17-14-. The van der Waals surface area contributed by atoms with E-state index in [1.54, 1.807) is 18.2 Å². The van der Waals surface area contributed by atoms with Crippen LogP contribution in [-0.4, -0.2) is 15.8 Å². The van der Waals surface area contributed by atoms with Crippen LogP contribution < -0.4 is 11.0 Å². The van der Waals surface area contributed by atoms with Crippen molar-refractivity contribution < 1.29 is 14.1 Å². The number of nitro groups is 1. The summed E-state index contributed by atoms with van der Waals surface area (Å²) in [6, 6.07) is 10.5. The highest BCUT2D eigenvalue weighted by molar-refractivity contribution is 5.93. The maximum atomic E-state index is 11.9. The molecule has 8 nitrogen and oxygen atoms in total. The fraction of sp³-hybridized carbons (Fsp3) is 0. The maximum absolute atomic E-state index is 11.9. The van der Waals surface area contributed by atoms with Gasteiger partial charge in [0.2, 0.25) is 5.55 Å². The maximum Gasteiger partial charge on any atom is 0.271 e. The van der Waals surface area contributed by atoms with Gasteiger partial charge >= 0.3 is 0 Å². The molecular weight excluding hydrogens is 300 g/mol. The lowest BCUT2D eigenvalue weighted by atomic mass is 10.2. The number of carbonyl (C=O) groups excluding carboxylic acids is 1. The monoisotopic (exact) mass is 310 g/mol. The minimum absolute atomic E-state index is 0.0246. The molecule has 0 aliphatic carbocycles. The van der Waals surface area contributed by atoms with Crippen LogP contribution in [0.5, 0.6) is 0 Å². The van der Waals surface area contributed by atoms with E-state index in [9.17, 15) is 14.9 Å². The van der Waals surface area contributed by atoms with Crippen molar-refractivity contribution in [2.24, 2.45) is 5.10 Å². The van der Waals surface area contributed by atoms with E-state index in [1.165, 1.54) is 36.7 Å². The molecule has 0 unspecified atom stereocenters. The summed E-state index contributed by atoms with van der Waals surface area (Å²) in [5.41, 5.74) is 3.36. The van der Waals surface area contributed by atoms with Crippen LogP contribution in [0.15, 0.2) is 64.4 Å². The first kappa shape index (κ1) is 14.4. The van der Waals surface area contributed by atoms with E-state index in [1.807, 2.05) is 0 Å². The minimum atomic E-state index is -0.479. The van der Waals surface area contributed by atoms with Crippen LogP contribution in [0.2, 0.25) is 0 Å². The summed E-state index contributed by atoms with van der Waals surface area (Å²) >= 11 is 0. The van der Waals surface area contributed by atoms with Crippen LogP contribution in [-0.2, 0) is 0 Å². The first-order chi connectivity index (χ1) is 11.1. The Morgan fingerprint density at radius 1 is 1.17 bits per heavy atom. The number of nitrogens with one attached hydrogen (secondary N) is 1. The largest absolute Gasteiger partial charge is 0.437 e. The molecule has 0 radical (unpaired) electrons.